The third kappa shape index (κ3) is 5.36. The lowest BCUT2D eigenvalue weighted by Gasteiger charge is -2.06. The van der Waals surface area contributed by atoms with Gasteiger partial charge in [-0.15, -0.1) is 0 Å². The Kier molecular flexibility index (Phi) is 7.14. The highest BCUT2D eigenvalue weighted by Gasteiger charge is 2.19. The van der Waals surface area contributed by atoms with E-state index in [1.165, 1.54) is 37.5 Å². The number of amides is 1. The first kappa shape index (κ1) is 22.0. The largest absolute Gasteiger partial charge is 0.508 e. The Morgan fingerprint density at radius 2 is 2.07 bits per heavy atom. The van der Waals surface area contributed by atoms with Gasteiger partial charge in [0.2, 0.25) is 5.75 Å². The van der Waals surface area contributed by atoms with Crippen LogP contribution in [0.3, 0.4) is 0 Å². The summed E-state index contributed by atoms with van der Waals surface area (Å²) in [6.45, 7) is 1.87. The average Bonchev–Trinajstić information content (AvgIpc) is 2.72. The fourth-order valence-electron chi connectivity index (χ4n) is 2.47. The summed E-state index contributed by atoms with van der Waals surface area (Å²) in [5.41, 5.74) is 1.00. The molecule has 0 aliphatic heterocycles. The van der Waals surface area contributed by atoms with Crippen LogP contribution in [0, 0.1) is 28.4 Å². The summed E-state index contributed by atoms with van der Waals surface area (Å²) in [6, 6.07) is 9.28. The number of carbonyl (C=O) groups excluding carboxylic acids is 1. The molecule has 154 valence electrons. The van der Waals surface area contributed by atoms with E-state index in [0.29, 0.717) is 16.7 Å². The van der Waals surface area contributed by atoms with E-state index in [2.05, 4.69) is 5.32 Å². The third-order valence-electron chi connectivity index (χ3n) is 4.14. The maximum Gasteiger partial charge on any atom is 0.315 e. The highest BCUT2D eigenvalue weighted by Crippen LogP contribution is 2.37. The summed E-state index contributed by atoms with van der Waals surface area (Å²) < 4.78 is 4.91. The van der Waals surface area contributed by atoms with Crippen molar-refractivity contribution in [3.05, 3.63) is 74.9 Å². The molecule has 1 amide bonds. The summed E-state index contributed by atoms with van der Waals surface area (Å²) in [6.07, 6.45) is 4.07. The van der Waals surface area contributed by atoms with E-state index in [9.17, 15) is 30.4 Å². The van der Waals surface area contributed by atoms with Crippen LogP contribution in [-0.4, -0.2) is 28.2 Å². The van der Waals surface area contributed by atoms with Crippen molar-refractivity contribution in [1.29, 1.82) is 5.26 Å². The average molecular weight is 409 g/mol. The molecular weight excluding hydrogens is 390 g/mol. The highest BCUT2D eigenvalue weighted by atomic mass is 16.6. The molecule has 0 unspecified atom stereocenters. The molecule has 0 spiro atoms. The number of aryl methyl sites for hydroxylation is 1. The van der Waals surface area contributed by atoms with E-state index in [-0.39, 0.29) is 23.6 Å². The molecule has 0 heterocycles. The number of nitrogens with one attached hydrogen (secondary N) is 1. The van der Waals surface area contributed by atoms with E-state index in [1.54, 1.807) is 25.1 Å². The summed E-state index contributed by atoms with van der Waals surface area (Å²) in [7, 11) is 1.26. The molecule has 9 heteroatoms. The molecule has 0 radical (unpaired) electrons. The fourth-order valence-corrected chi connectivity index (χ4v) is 2.47. The Balaban J connectivity index is 2.14. The van der Waals surface area contributed by atoms with Crippen molar-refractivity contribution < 1.29 is 24.7 Å². The van der Waals surface area contributed by atoms with E-state index < -0.39 is 22.3 Å². The number of phenols is 2. The minimum atomic E-state index is -0.748. The van der Waals surface area contributed by atoms with Gasteiger partial charge in [-0.05, 0) is 41.8 Å². The smallest absolute Gasteiger partial charge is 0.315 e. The number of nitriles is 1. The normalized spacial score (nSPS) is 11.2. The van der Waals surface area contributed by atoms with Gasteiger partial charge in [0.05, 0.1) is 12.0 Å². The monoisotopic (exact) mass is 409 g/mol. The molecule has 2 aromatic rings. The molecule has 0 aliphatic rings. The SMILES string of the molecule is COc1cc(/C=C/C=C(\C#N)C(=O)NCc2ccc(C)c(O)c2)cc([N+](=O)[O-])c1O. The second-order valence-electron chi connectivity index (χ2n) is 6.20. The first-order valence-electron chi connectivity index (χ1n) is 8.67. The standard InChI is InChI=1S/C21H19N3O6/c1-13-6-7-15(9-18(13)25)12-23-21(27)16(11-22)5-3-4-14-8-17(24(28)29)20(26)19(10-14)30-2/h3-10,25-26H,12H2,1-2H3,(H,23,27)/b4-3+,16-5+. The molecule has 2 aromatic carbocycles. The quantitative estimate of drug-likeness (QED) is 0.209. The molecule has 0 atom stereocenters. The van der Waals surface area contributed by atoms with Crippen molar-refractivity contribution in [3.8, 4) is 23.3 Å². The zero-order valence-corrected chi connectivity index (χ0v) is 16.2. The van der Waals surface area contributed by atoms with Crippen LogP contribution in [0.1, 0.15) is 16.7 Å². The molecule has 0 saturated heterocycles. The number of benzene rings is 2. The lowest BCUT2D eigenvalue weighted by Crippen LogP contribution is -2.23. The summed E-state index contributed by atoms with van der Waals surface area (Å²) in [4.78, 5) is 22.5. The van der Waals surface area contributed by atoms with E-state index in [4.69, 9.17) is 4.74 Å². The van der Waals surface area contributed by atoms with Crippen LogP contribution in [-0.2, 0) is 11.3 Å². The minimum absolute atomic E-state index is 0.0765. The highest BCUT2D eigenvalue weighted by molar-refractivity contribution is 5.97. The maximum absolute atomic E-state index is 12.2. The predicted octanol–water partition coefficient (Wildman–Crippen LogP) is 3.10. The number of nitro groups is 1. The van der Waals surface area contributed by atoms with Crippen molar-refractivity contribution >= 4 is 17.7 Å². The number of methoxy groups -OCH3 is 1. The number of rotatable bonds is 7. The zero-order chi connectivity index (χ0) is 22.3. The molecule has 3 N–H and O–H groups in total. The predicted molar refractivity (Wildman–Crippen MR) is 109 cm³/mol. The van der Waals surface area contributed by atoms with Gasteiger partial charge in [0.1, 0.15) is 17.4 Å². The fraction of sp³-hybridized carbons (Fsp3) is 0.143. The molecule has 0 bridgehead atoms. The van der Waals surface area contributed by atoms with Crippen LogP contribution in [0.2, 0.25) is 0 Å². The van der Waals surface area contributed by atoms with Crippen LogP contribution >= 0.6 is 0 Å². The van der Waals surface area contributed by atoms with Crippen molar-refractivity contribution in [1.82, 2.24) is 5.32 Å². The number of phenolic OH excluding ortho intramolecular Hbond substituents is 2. The van der Waals surface area contributed by atoms with E-state index >= 15 is 0 Å². The first-order valence-corrected chi connectivity index (χ1v) is 8.67. The lowest BCUT2D eigenvalue weighted by molar-refractivity contribution is -0.386. The molecule has 0 saturated carbocycles. The number of nitro benzene ring substituents is 1. The van der Waals surface area contributed by atoms with Gasteiger partial charge in [-0.3, -0.25) is 14.9 Å². The summed E-state index contributed by atoms with van der Waals surface area (Å²) in [5.74, 6) is -1.17. The van der Waals surface area contributed by atoms with Crippen molar-refractivity contribution in [3.63, 3.8) is 0 Å². The number of nitrogens with zero attached hydrogens (tertiary/aromatic N) is 2. The Hall–Kier alpha value is -4.32. The van der Waals surface area contributed by atoms with Crippen LogP contribution < -0.4 is 10.1 Å². The lowest BCUT2D eigenvalue weighted by atomic mass is 10.1. The minimum Gasteiger partial charge on any atom is -0.508 e. The molecule has 9 nitrogen and oxygen atoms in total. The number of ether oxygens (including phenoxy) is 1. The van der Waals surface area contributed by atoms with Crippen LogP contribution in [0.5, 0.6) is 17.2 Å². The third-order valence-corrected chi connectivity index (χ3v) is 4.14. The maximum atomic E-state index is 12.2. The first-order chi connectivity index (χ1) is 14.3. The summed E-state index contributed by atoms with van der Waals surface area (Å²) >= 11 is 0. The Morgan fingerprint density at radius 3 is 2.67 bits per heavy atom. The Labute approximate surface area is 172 Å². The van der Waals surface area contributed by atoms with Crippen molar-refractivity contribution in [2.45, 2.75) is 13.5 Å². The molecular formula is C21H19N3O6. The molecule has 2 rings (SSSR count). The van der Waals surface area contributed by atoms with Crippen molar-refractivity contribution in [2.75, 3.05) is 7.11 Å². The molecule has 0 fully saturated rings. The number of allylic oxidation sites excluding steroid dienone is 2. The van der Waals surface area contributed by atoms with Gasteiger partial charge in [-0.1, -0.05) is 24.3 Å². The molecule has 30 heavy (non-hydrogen) atoms. The second-order valence-corrected chi connectivity index (χ2v) is 6.20. The van der Waals surface area contributed by atoms with Gasteiger partial charge < -0.3 is 20.3 Å². The van der Waals surface area contributed by atoms with Crippen LogP contribution in [0.25, 0.3) is 6.08 Å². The topological polar surface area (TPSA) is 146 Å². The zero-order valence-electron chi connectivity index (χ0n) is 16.2. The van der Waals surface area contributed by atoms with Crippen LogP contribution in [0.4, 0.5) is 5.69 Å². The van der Waals surface area contributed by atoms with E-state index in [1.807, 2.05) is 0 Å². The van der Waals surface area contributed by atoms with Gasteiger partial charge in [0.15, 0.2) is 5.75 Å². The van der Waals surface area contributed by atoms with Gasteiger partial charge in [-0.2, -0.15) is 5.26 Å². The van der Waals surface area contributed by atoms with Crippen molar-refractivity contribution in [2.24, 2.45) is 0 Å². The van der Waals surface area contributed by atoms with Crippen LogP contribution in [0.15, 0.2) is 48.1 Å². The van der Waals surface area contributed by atoms with E-state index in [0.717, 1.165) is 6.07 Å². The number of carbonyl (C=O) groups is 1. The van der Waals surface area contributed by atoms with Gasteiger partial charge in [0, 0.05) is 12.6 Å². The number of hydrogen-bond acceptors (Lipinski definition) is 7. The second kappa shape index (κ2) is 9.75. The van der Waals surface area contributed by atoms with Gasteiger partial charge >= 0.3 is 5.69 Å². The Bertz CT molecular complexity index is 1080. The Morgan fingerprint density at radius 1 is 1.33 bits per heavy atom. The summed E-state index contributed by atoms with van der Waals surface area (Å²) in [5, 5.41) is 42.3. The number of aromatic hydroxyl groups is 2. The number of hydrogen-bond donors (Lipinski definition) is 3. The molecule has 0 aromatic heterocycles. The van der Waals surface area contributed by atoms with Gasteiger partial charge in [-0.25, -0.2) is 0 Å². The molecule has 0 aliphatic carbocycles. The van der Waals surface area contributed by atoms with Gasteiger partial charge in [0.25, 0.3) is 5.91 Å².